The van der Waals surface area contributed by atoms with Gasteiger partial charge in [-0.15, -0.1) is 27.1 Å². The predicted molar refractivity (Wildman–Crippen MR) is 91.2 cm³/mol. The average molecular weight is 348 g/mol. The second-order valence-electron chi connectivity index (χ2n) is 6.60. The Morgan fingerprint density at radius 1 is 1.46 bits per heavy atom. The molecule has 0 saturated carbocycles. The number of likely N-dealkylation sites (N-methyl/N-ethyl adjacent to an activating group) is 1. The summed E-state index contributed by atoms with van der Waals surface area (Å²) in [6.07, 6.45) is 2.77. The molecule has 128 valence electrons. The number of rotatable bonds is 4. The highest BCUT2D eigenvalue weighted by molar-refractivity contribution is 8.01. The second-order valence-corrected chi connectivity index (χ2v) is 8.09. The van der Waals surface area contributed by atoms with Crippen LogP contribution in [0.3, 0.4) is 0 Å². The number of ether oxygens (including phenoxy) is 1. The summed E-state index contributed by atoms with van der Waals surface area (Å²) in [5.74, 6) is 1.91. The molecule has 1 amide bonds. The van der Waals surface area contributed by atoms with Gasteiger partial charge in [-0.1, -0.05) is 0 Å². The smallest absolute Gasteiger partial charge is 0.248 e. The van der Waals surface area contributed by atoms with E-state index in [9.17, 15) is 4.79 Å². The number of carbonyl (C=O) groups excluding carboxylic acids is 1. The lowest BCUT2D eigenvalue weighted by atomic mass is 9.93. The molecule has 4 heterocycles. The second kappa shape index (κ2) is 5.89. The van der Waals surface area contributed by atoms with Crippen molar-refractivity contribution >= 4 is 29.1 Å². The Hall–Kier alpha value is -1.87. The fraction of sp³-hybridized carbons (Fsp3) is 0.600. The van der Waals surface area contributed by atoms with Crippen molar-refractivity contribution in [2.24, 2.45) is 0 Å². The highest BCUT2D eigenvalue weighted by atomic mass is 32.2. The maximum Gasteiger partial charge on any atom is 0.248 e. The minimum atomic E-state index is 0.0163. The van der Waals surface area contributed by atoms with E-state index in [1.807, 2.05) is 23.9 Å². The van der Waals surface area contributed by atoms with Crippen LogP contribution >= 0.6 is 11.8 Å². The number of nitrogens with zero attached hydrogens (tertiary/aromatic N) is 6. The summed E-state index contributed by atoms with van der Waals surface area (Å²) < 4.78 is 7.71. The molecular formula is C15H20N6O2S. The molecule has 0 aliphatic carbocycles. The molecule has 2 saturated heterocycles. The fourth-order valence-corrected chi connectivity index (χ4v) is 4.70. The number of anilines is 1. The van der Waals surface area contributed by atoms with Crippen LogP contribution < -0.4 is 4.90 Å². The van der Waals surface area contributed by atoms with Crippen LogP contribution in [-0.2, 0) is 9.53 Å². The molecule has 1 atom stereocenters. The highest BCUT2D eigenvalue weighted by Gasteiger charge is 2.50. The van der Waals surface area contributed by atoms with Crippen LogP contribution in [0.4, 0.5) is 5.82 Å². The van der Waals surface area contributed by atoms with Gasteiger partial charge in [0.2, 0.25) is 5.91 Å². The van der Waals surface area contributed by atoms with E-state index in [2.05, 4.69) is 20.2 Å². The van der Waals surface area contributed by atoms with Gasteiger partial charge in [0.25, 0.3) is 0 Å². The van der Waals surface area contributed by atoms with Crippen LogP contribution in [-0.4, -0.2) is 81.0 Å². The van der Waals surface area contributed by atoms with Gasteiger partial charge in [-0.2, -0.15) is 4.52 Å². The zero-order valence-electron chi connectivity index (χ0n) is 13.8. The number of hydrogen-bond donors (Lipinski definition) is 0. The van der Waals surface area contributed by atoms with Crippen molar-refractivity contribution < 1.29 is 9.53 Å². The largest absolute Gasteiger partial charge is 0.367 e. The van der Waals surface area contributed by atoms with Gasteiger partial charge in [0.05, 0.1) is 10.9 Å². The van der Waals surface area contributed by atoms with Crippen molar-refractivity contribution in [1.82, 2.24) is 24.7 Å². The van der Waals surface area contributed by atoms with E-state index in [1.54, 1.807) is 29.8 Å². The third kappa shape index (κ3) is 2.82. The minimum absolute atomic E-state index is 0.0163. The zero-order chi connectivity index (χ0) is 16.7. The Bertz CT molecular complexity index is 757. The summed E-state index contributed by atoms with van der Waals surface area (Å²) in [6.45, 7) is 2.09. The molecule has 0 radical (unpaired) electrons. The first-order valence-electron chi connectivity index (χ1n) is 7.92. The average Bonchev–Trinajstić information content (AvgIpc) is 3.16. The lowest BCUT2D eigenvalue weighted by molar-refractivity contribution is -0.135. The maximum absolute atomic E-state index is 11.6. The quantitative estimate of drug-likeness (QED) is 0.786. The van der Waals surface area contributed by atoms with Gasteiger partial charge in [0.1, 0.15) is 18.8 Å². The number of carbonyl (C=O) groups is 1. The molecule has 9 heteroatoms. The highest BCUT2D eigenvalue weighted by Crippen LogP contribution is 2.46. The Balaban J connectivity index is 1.32. The number of amides is 1. The number of fused-ring (bicyclic) bond motifs is 1. The summed E-state index contributed by atoms with van der Waals surface area (Å²) in [6, 6.07) is 3.92. The monoisotopic (exact) mass is 348 g/mol. The fourth-order valence-electron chi connectivity index (χ4n) is 3.15. The lowest BCUT2D eigenvalue weighted by Gasteiger charge is -2.48. The SMILES string of the molecule is CN(C)C(=O)CO[C@@H]1CSC2(C1)CN(c1ccc3nncn3n1)C2. The van der Waals surface area contributed by atoms with Gasteiger partial charge in [0.15, 0.2) is 5.65 Å². The van der Waals surface area contributed by atoms with Crippen molar-refractivity contribution in [3.63, 3.8) is 0 Å². The summed E-state index contributed by atoms with van der Waals surface area (Å²) in [4.78, 5) is 15.5. The standard InChI is InChI=1S/C15H20N6O2S/c1-19(2)14(22)6-23-11-5-15(24-7-11)8-20(9-15)13-4-3-12-17-16-10-21(12)18-13/h3-4,10-11H,5-9H2,1-2H3/t11-/m0/s1. The first-order chi connectivity index (χ1) is 11.5. The van der Waals surface area contributed by atoms with Crippen LogP contribution in [0.5, 0.6) is 0 Å². The van der Waals surface area contributed by atoms with E-state index in [0.29, 0.717) is 0 Å². The third-order valence-corrected chi connectivity index (χ3v) is 6.12. The molecular weight excluding hydrogens is 328 g/mol. The molecule has 4 rings (SSSR count). The molecule has 0 aromatic carbocycles. The van der Waals surface area contributed by atoms with E-state index >= 15 is 0 Å². The van der Waals surface area contributed by atoms with Crippen LogP contribution in [0.1, 0.15) is 6.42 Å². The Morgan fingerprint density at radius 3 is 3.08 bits per heavy atom. The van der Waals surface area contributed by atoms with Crippen LogP contribution in [0.25, 0.3) is 5.65 Å². The van der Waals surface area contributed by atoms with Gasteiger partial charge in [-0.05, 0) is 18.6 Å². The van der Waals surface area contributed by atoms with E-state index in [0.717, 1.165) is 36.7 Å². The van der Waals surface area contributed by atoms with E-state index in [4.69, 9.17) is 4.74 Å². The summed E-state index contributed by atoms with van der Waals surface area (Å²) in [5, 5.41) is 12.4. The van der Waals surface area contributed by atoms with Crippen molar-refractivity contribution in [1.29, 1.82) is 0 Å². The van der Waals surface area contributed by atoms with Crippen molar-refractivity contribution in [3.8, 4) is 0 Å². The molecule has 24 heavy (non-hydrogen) atoms. The van der Waals surface area contributed by atoms with E-state index in [1.165, 1.54) is 0 Å². The lowest BCUT2D eigenvalue weighted by Crippen LogP contribution is -2.59. The maximum atomic E-state index is 11.6. The summed E-state index contributed by atoms with van der Waals surface area (Å²) >= 11 is 1.95. The number of aromatic nitrogens is 4. The molecule has 2 aliphatic rings. The Morgan fingerprint density at radius 2 is 2.29 bits per heavy atom. The van der Waals surface area contributed by atoms with E-state index in [-0.39, 0.29) is 23.4 Å². The molecule has 0 N–H and O–H groups in total. The van der Waals surface area contributed by atoms with Gasteiger partial charge < -0.3 is 14.5 Å². The van der Waals surface area contributed by atoms with Gasteiger partial charge in [-0.3, -0.25) is 4.79 Å². The third-order valence-electron chi connectivity index (χ3n) is 4.55. The van der Waals surface area contributed by atoms with Crippen LogP contribution in [0.2, 0.25) is 0 Å². The van der Waals surface area contributed by atoms with Crippen LogP contribution in [0, 0.1) is 0 Å². The molecule has 2 aromatic heterocycles. The number of hydrogen-bond acceptors (Lipinski definition) is 7. The minimum Gasteiger partial charge on any atom is -0.367 e. The first kappa shape index (κ1) is 15.6. The molecule has 0 unspecified atom stereocenters. The van der Waals surface area contributed by atoms with Crippen molar-refractivity contribution in [2.45, 2.75) is 17.3 Å². The Labute approximate surface area is 144 Å². The molecule has 0 bridgehead atoms. The summed E-state index contributed by atoms with van der Waals surface area (Å²) in [7, 11) is 3.50. The molecule has 2 aromatic rings. The zero-order valence-corrected chi connectivity index (χ0v) is 14.6. The predicted octanol–water partition coefficient (Wildman–Crippen LogP) is 0.293. The molecule has 2 aliphatic heterocycles. The van der Waals surface area contributed by atoms with E-state index < -0.39 is 0 Å². The first-order valence-corrected chi connectivity index (χ1v) is 8.91. The van der Waals surface area contributed by atoms with Gasteiger partial charge >= 0.3 is 0 Å². The van der Waals surface area contributed by atoms with Crippen LogP contribution in [0.15, 0.2) is 18.5 Å². The summed E-state index contributed by atoms with van der Waals surface area (Å²) in [5.41, 5.74) is 0.753. The Kier molecular flexibility index (Phi) is 3.84. The topological polar surface area (TPSA) is 75.9 Å². The van der Waals surface area contributed by atoms with Gasteiger partial charge in [0, 0.05) is 32.9 Å². The van der Waals surface area contributed by atoms with Crippen molar-refractivity contribution in [2.75, 3.05) is 44.4 Å². The molecule has 8 nitrogen and oxygen atoms in total. The number of thioether (sulfide) groups is 1. The van der Waals surface area contributed by atoms with Gasteiger partial charge in [-0.25, -0.2) is 0 Å². The normalized spacial score (nSPS) is 22.1. The molecule has 1 spiro atoms. The molecule has 2 fully saturated rings. The van der Waals surface area contributed by atoms with Crippen molar-refractivity contribution in [3.05, 3.63) is 18.5 Å².